The Hall–Kier alpha value is -2.73. The van der Waals surface area contributed by atoms with Gasteiger partial charge in [-0.15, -0.1) is 16.8 Å². The first-order valence-corrected chi connectivity index (χ1v) is 10.3. The van der Waals surface area contributed by atoms with E-state index in [-0.39, 0.29) is 11.9 Å². The molecule has 28 heavy (non-hydrogen) atoms. The Morgan fingerprint density at radius 2 is 1.89 bits per heavy atom. The Balaban J connectivity index is 1.72. The highest BCUT2D eigenvalue weighted by Gasteiger charge is 2.48. The summed E-state index contributed by atoms with van der Waals surface area (Å²) in [5, 5.41) is 2.44. The Morgan fingerprint density at radius 1 is 1.14 bits per heavy atom. The predicted molar refractivity (Wildman–Crippen MR) is 114 cm³/mol. The number of urea groups is 1. The molecule has 0 spiro atoms. The Labute approximate surface area is 168 Å². The summed E-state index contributed by atoms with van der Waals surface area (Å²) in [6.07, 6.45) is 2.60. The van der Waals surface area contributed by atoms with E-state index in [2.05, 4.69) is 42.2 Å². The second kappa shape index (κ2) is 7.36. The Morgan fingerprint density at radius 3 is 2.68 bits per heavy atom. The molecule has 0 aromatic heterocycles. The van der Waals surface area contributed by atoms with Crippen LogP contribution in [0.3, 0.4) is 0 Å². The number of amides is 3. The number of aliphatic imine (C=N–C) groups is 1. The van der Waals surface area contributed by atoms with Gasteiger partial charge in [-0.1, -0.05) is 49.4 Å². The fourth-order valence-corrected chi connectivity index (χ4v) is 5.03. The number of thioether (sulfide) groups is 1. The monoisotopic (exact) mass is 392 g/mol. The van der Waals surface area contributed by atoms with Crippen molar-refractivity contribution in [3.8, 4) is 0 Å². The number of imide groups is 1. The van der Waals surface area contributed by atoms with Crippen molar-refractivity contribution in [1.29, 1.82) is 0 Å². The maximum Gasteiger partial charge on any atom is 0.445 e. The van der Waals surface area contributed by atoms with Crippen molar-refractivity contribution >= 4 is 46.5 Å². The SMILES string of the molecule is CCC1=C(SCc2cccc3ccccc23)C2C(=O)N(C)C(=O)[N+](C)=C2N=C1. The first-order chi connectivity index (χ1) is 13.5. The minimum absolute atomic E-state index is 0.207. The van der Waals surface area contributed by atoms with E-state index in [1.54, 1.807) is 25.0 Å². The van der Waals surface area contributed by atoms with Gasteiger partial charge in [-0.2, -0.15) is 9.48 Å². The van der Waals surface area contributed by atoms with Crippen LogP contribution in [-0.2, 0) is 10.5 Å². The second-order valence-electron chi connectivity index (χ2n) is 6.96. The number of nitrogens with zero attached hydrogens (tertiary/aromatic N) is 3. The fraction of sp³-hybridized carbons (Fsp3) is 0.273. The van der Waals surface area contributed by atoms with Crippen LogP contribution in [0, 0.1) is 5.92 Å². The first-order valence-electron chi connectivity index (χ1n) is 9.31. The van der Waals surface area contributed by atoms with Crippen molar-refractivity contribution in [2.45, 2.75) is 19.1 Å². The summed E-state index contributed by atoms with van der Waals surface area (Å²) in [6, 6.07) is 14.3. The zero-order chi connectivity index (χ0) is 19.8. The highest BCUT2D eigenvalue weighted by Crippen LogP contribution is 2.38. The van der Waals surface area contributed by atoms with Crippen LogP contribution in [0.1, 0.15) is 18.9 Å². The quantitative estimate of drug-likeness (QED) is 0.737. The van der Waals surface area contributed by atoms with E-state index >= 15 is 0 Å². The van der Waals surface area contributed by atoms with Crippen LogP contribution in [0.25, 0.3) is 10.8 Å². The molecule has 4 rings (SSSR count). The van der Waals surface area contributed by atoms with Crippen LogP contribution in [0.2, 0.25) is 0 Å². The lowest BCUT2D eigenvalue weighted by Gasteiger charge is -2.28. The van der Waals surface area contributed by atoms with Crippen LogP contribution in [0.15, 0.2) is 57.9 Å². The number of fused-ring (bicyclic) bond motifs is 2. The summed E-state index contributed by atoms with van der Waals surface area (Å²) < 4.78 is 1.48. The number of amidine groups is 1. The maximum absolute atomic E-state index is 12.9. The van der Waals surface area contributed by atoms with Gasteiger partial charge < -0.3 is 0 Å². The molecule has 2 aromatic carbocycles. The number of dihydropyridines is 1. The van der Waals surface area contributed by atoms with Gasteiger partial charge in [-0.05, 0) is 28.3 Å². The van der Waals surface area contributed by atoms with E-state index < -0.39 is 5.92 Å². The number of benzene rings is 2. The molecule has 0 N–H and O–H groups in total. The average molecular weight is 393 g/mol. The molecule has 0 saturated carbocycles. The lowest BCUT2D eigenvalue weighted by molar-refractivity contribution is -0.407. The van der Waals surface area contributed by atoms with Gasteiger partial charge in [0.2, 0.25) is 0 Å². The van der Waals surface area contributed by atoms with E-state index in [9.17, 15) is 9.59 Å². The predicted octanol–water partition coefficient (Wildman–Crippen LogP) is 4.07. The molecule has 0 fully saturated rings. The van der Waals surface area contributed by atoms with Crippen LogP contribution in [0.5, 0.6) is 0 Å². The molecule has 5 nitrogen and oxygen atoms in total. The maximum atomic E-state index is 12.9. The standard InChI is InChI=1S/C22H22N3O2S/c1-4-14-12-23-20-18(21(26)25(3)22(27)24(20)2)19(14)28-13-16-10-7-9-15-8-5-6-11-17(15)16/h5-12,18H,4,13H2,1-3H3/q+1. The summed E-state index contributed by atoms with van der Waals surface area (Å²) in [4.78, 5) is 31.9. The number of hydrogen-bond acceptors (Lipinski definition) is 4. The first kappa shape index (κ1) is 18.6. The molecule has 0 saturated heterocycles. The molecule has 2 aliphatic rings. The highest BCUT2D eigenvalue weighted by atomic mass is 32.2. The molecule has 0 radical (unpaired) electrons. The lowest BCUT2D eigenvalue weighted by atomic mass is 9.97. The number of rotatable bonds is 4. The van der Waals surface area contributed by atoms with Crippen LogP contribution < -0.4 is 0 Å². The van der Waals surface area contributed by atoms with E-state index in [0.717, 1.165) is 22.7 Å². The smallest absolute Gasteiger partial charge is 0.255 e. The lowest BCUT2D eigenvalue weighted by Crippen LogP contribution is -2.52. The van der Waals surface area contributed by atoms with Crippen molar-refractivity contribution in [3.05, 3.63) is 58.5 Å². The minimum atomic E-state index is -0.507. The van der Waals surface area contributed by atoms with Crippen LogP contribution in [-0.4, -0.2) is 47.6 Å². The van der Waals surface area contributed by atoms with Gasteiger partial charge in [-0.25, -0.2) is 4.79 Å². The van der Waals surface area contributed by atoms with Crippen molar-refractivity contribution < 1.29 is 14.2 Å². The van der Waals surface area contributed by atoms with Gasteiger partial charge in [0.25, 0.3) is 5.84 Å². The molecule has 3 amide bonds. The highest BCUT2D eigenvalue weighted by molar-refractivity contribution is 8.02. The van der Waals surface area contributed by atoms with Crippen molar-refractivity contribution in [2.75, 3.05) is 14.1 Å². The minimum Gasteiger partial charge on any atom is -0.255 e. The van der Waals surface area contributed by atoms with Crippen LogP contribution >= 0.6 is 11.8 Å². The number of carbonyl (C=O) groups excluding carboxylic acids is 2. The molecule has 1 unspecified atom stereocenters. The normalized spacial score (nSPS) is 19.7. The molecule has 142 valence electrons. The Bertz CT molecular complexity index is 1080. The number of carbonyl (C=O) groups is 2. The van der Waals surface area contributed by atoms with Crippen molar-refractivity contribution in [1.82, 2.24) is 4.90 Å². The summed E-state index contributed by atoms with van der Waals surface area (Å²) in [5.74, 6) is 0.562. The largest absolute Gasteiger partial charge is 0.445 e. The Kier molecular flexibility index (Phi) is 4.89. The fourth-order valence-electron chi connectivity index (χ4n) is 3.71. The van der Waals surface area contributed by atoms with Gasteiger partial charge >= 0.3 is 11.9 Å². The third-order valence-electron chi connectivity index (χ3n) is 5.33. The van der Waals surface area contributed by atoms with E-state index in [0.29, 0.717) is 5.84 Å². The summed E-state index contributed by atoms with van der Waals surface area (Å²) >= 11 is 1.67. The van der Waals surface area contributed by atoms with Gasteiger partial charge in [0, 0.05) is 10.7 Å². The third kappa shape index (κ3) is 2.98. The number of hydrogen-bond donors (Lipinski definition) is 0. The zero-order valence-corrected chi connectivity index (χ0v) is 17.0. The second-order valence-corrected chi connectivity index (χ2v) is 7.98. The van der Waals surface area contributed by atoms with Gasteiger partial charge in [0.05, 0.1) is 14.1 Å². The molecule has 2 heterocycles. The molecule has 1 atom stereocenters. The van der Waals surface area contributed by atoms with Crippen LogP contribution in [0.4, 0.5) is 4.79 Å². The van der Waals surface area contributed by atoms with Gasteiger partial charge in [-0.3, -0.25) is 4.79 Å². The number of allylic oxidation sites excluding steroid dienone is 1. The molecular weight excluding hydrogens is 370 g/mol. The van der Waals surface area contributed by atoms with E-state index in [4.69, 9.17) is 0 Å². The summed E-state index contributed by atoms with van der Waals surface area (Å²) in [5.41, 5.74) is 2.29. The van der Waals surface area contributed by atoms with Crippen molar-refractivity contribution in [2.24, 2.45) is 10.9 Å². The third-order valence-corrected chi connectivity index (χ3v) is 6.59. The topological polar surface area (TPSA) is 52.8 Å². The van der Waals surface area contributed by atoms with Gasteiger partial charge in [0.15, 0.2) is 5.92 Å². The van der Waals surface area contributed by atoms with Gasteiger partial charge in [0.1, 0.15) is 6.21 Å². The molecule has 2 aliphatic heterocycles. The summed E-state index contributed by atoms with van der Waals surface area (Å²) in [6.45, 7) is 2.07. The molecule has 2 aromatic rings. The molecule has 6 heteroatoms. The van der Waals surface area contributed by atoms with E-state index in [1.165, 1.54) is 32.9 Å². The molecule has 0 bridgehead atoms. The average Bonchev–Trinajstić information content (AvgIpc) is 2.73. The summed E-state index contributed by atoms with van der Waals surface area (Å²) in [7, 11) is 3.21. The van der Waals surface area contributed by atoms with Crippen molar-refractivity contribution in [3.63, 3.8) is 0 Å². The van der Waals surface area contributed by atoms with E-state index in [1.807, 2.05) is 12.1 Å². The zero-order valence-electron chi connectivity index (χ0n) is 16.2. The molecule has 0 aliphatic carbocycles. The molecular formula is C22H22N3O2S+.